The number of carbonyl (C=O) groups is 1. The minimum Gasteiger partial charge on any atom is -0.450 e. The van der Waals surface area contributed by atoms with Crippen molar-refractivity contribution in [1.82, 2.24) is 14.7 Å². The number of hydrogen-bond acceptors (Lipinski definition) is 6. The van der Waals surface area contributed by atoms with Gasteiger partial charge in [0.25, 0.3) is 5.91 Å². The molecule has 1 N–H and O–H groups in total. The third-order valence-electron chi connectivity index (χ3n) is 4.73. The number of carbonyl (C=O) groups excluding carboxylic acids is 1. The first kappa shape index (κ1) is 20.5. The lowest BCUT2D eigenvalue weighted by Crippen LogP contribution is -2.17. The smallest absolute Gasteiger partial charge is 0.346 e. The molecule has 30 heavy (non-hydrogen) atoms. The van der Waals surface area contributed by atoms with Crippen LogP contribution in [0.5, 0.6) is 11.5 Å². The number of nitrogens with one attached hydrogen (secondary N) is 1. The quantitative estimate of drug-likeness (QED) is 0.278. The summed E-state index contributed by atoms with van der Waals surface area (Å²) in [6, 6.07) is 10.7. The summed E-state index contributed by atoms with van der Waals surface area (Å²) in [5.74, 6) is 0.0116. The van der Waals surface area contributed by atoms with Crippen LogP contribution in [0.1, 0.15) is 15.9 Å². The SMILES string of the molecule is CNC(=O)c1cccc(Oc2cc(COP(=O)(N3CC3)N3CC3)ccc2[N+](=O)[O-])c1. The van der Waals surface area contributed by atoms with Crippen molar-refractivity contribution in [2.24, 2.45) is 0 Å². The van der Waals surface area contributed by atoms with Gasteiger partial charge in [0.2, 0.25) is 5.75 Å². The van der Waals surface area contributed by atoms with Crippen LogP contribution < -0.4 is 10.1 Å². The maximum absolute atomic E-state index is 13.0. The second kappa shape index (κ2) is 8.16. The highest BCUT2D eigenvalue weighted by molar-refractivity contribution is 7.54. The van der Waals surface area contributed by atoms with Crippen molar-refractivity contribution in [3.8, 4) is 11.5 Å². The standard InChI is InChI=1S/C19H21N4O6P/c1-20-19(24)15-3-2-4-16(12-15)29-18-11-14(5-6-17(18)23(25)26)13-28-30(27,21-7-8-21)22-9-10-22/h2-6,11-12H,7-10,13H2,1H3,(H,20,24). The van der Waals surface area contributed by atoms with Crippen molar-refractivity contribution < 1.29 is 23.5 Å². The monoisotopic (exact) mass is 432 g/mol. The molecule has 2 aromatic rings. The molecule has 0 saturated carbocycles. The number of benzene rings is 2. The first-order valence-electron chi connectivity index (χ1n) is 9.43. The van der Waals surface area contributed by atoms with Crippen molar-refractivity contribution >= 4 is 19.3 Å². The molecule has 2 aliphatic heterocycles. The number of nitrogens with zero attached hydrogens (tertiary/aromatic N) is 3. The molecule has 10 nitrogen and oxygen atoms in total. The van der Waals surface area contributed by atoms with Crippen LogP contribution >= 0.6 is 7.67 Å². The Balaban J connectivity index is 1.55. The van der Waals surface area contributed by atoms with Gasteiger partial charge in [-0.25, -0.2) is 9.34 Å². The summed E-state index contributed by atoms with van der Waals surface area (Å²) in [5.41, 5.74) is 0.751. The lowest BCUT2D eigenvalue weighted by Gasteiger charge is -2.19. The number of ether oxygens (including phenoxy) is 1. The van der Waals surface area contributed by atoms with Crippen LogP contribution in [-0.4, -0.2) is 53.4 Å². The maximum atomic E-state index is 13.0. The molecule has 0 spiro atoms. The molecule has 1 amide bonds. The largest absolute Gasteiger partial charge is 0.450 e. The second-order valence-corrected chi connectivity index (χ2v) is 9.31. The minimum atomic E-state index is -2.99. The highest BCUT2D eigenvalue weighted by Gasteiger charge is 2.49. The molecule has 2 aromatic carbocycles. The van der Waals surface area contributed by atoms with Crippen molar-refractivity contribution in [3.63, 3.8) is 0 Å². The predicted molar refractivity (Wildman–Crippen MR) is 109 cm³/mol. The molecule has 0 bridgehead atoms. The van der Waals surface area contributed by atoms with E-state index in [1.165, 1.54) is 25.2 Å². The highest BCUT2D eigenvalue weighted by atomic mass is 31.2. The van der Waals surface area contributed by atoms with E-state index in [1.54, 1.807) is 33.6 Å². The second-order valence-electron chi connectivity index (χ2n) is 6.94. The van der Waals surface area contributed by atoms with Gasteiger partial charge in [-0.3, -0.25) is 19.5 Å². The van der Waals surface area contributed by atoms with Gasteiger partial charge in [-0.15, -0.1) is 0 Å². The lowest BCUT2D eigenvalue weighted by molar-refractivity contribution is -0.385. The van der Waals surface area contributed by atoms with E-state index in [4.69, 9.17) is 9.26 Å². The van der Waals surface area contributed by atoms with Gasteiger partial charge in [0.1, 0.15) is 5.75 Å². The Hall–Kier alpha value is -2.78. The van der Waals surface area contributed by atoms with E-state index in [-0.39, 0.29) is 29.7 Å². The van der Waals surface area contributed by atoms with Crippen LogP contribution in [0, 0.1) is 10.1 Å². The molecular formula is C19H21N4O6P. The predicted octanol–water partition coefficient (Wildman–Crippen LogP) is 3.00. The van der Waals surface area contributed by atoms with E-state index in [2.05, 4.69) is 5.32 Å². The normalized spacial score (nSPS) is 16.2. The van der Waals surface area contributed by atoms with Gasteiger partial charge in [0, 0.05) is 44.9 Å². The Labute approximate surface area is 173 Å². The summed E-state index contributed by atoms with van der Waals surface area (Å²) < 4.78 is 28.1. The average molecular weight is 432 g/mol. The number of rotatable bonds is 9. The Morgan fingerprint density at radius 2 is 1.87 bits per heavy atom. The summed E-state index contributed by atoms with van der Waals surface area (Å²) in [5, 5.41) is 13.9. The molecule has 158 valence electrons. The average Bonchev–Trinajstić information content (AvgIpc) is 3.64. The number of hydrogen-bond donors (Lipinski definition) is 1. The first-order valence-corrected chi connectivity index (χ1v) is 11.0. The molecule has 0 unspecified atom stereocenters. The Morgan fingerprint density at radius 3 is 2.47 bits per heavy atom. The van der Waals surface area contributed by atoms with E-state index in [9.17, 15) is 19.5 Å². The fourth-order valence-electron chi connectivity index (χ4n) is 2.95. The summed E-state index contributed by atoms with van der Waals surface area (Å²) in [7, 11) is -1.48. The van der Waals surface area contributed by atoms with Crippen molar-refractivity contribution in [2.75, 3.05) is 33.2 Å². The van der Waals surface area contributed by atoms with Gasteiger partial charge in [-0.2, -0.15) is 0 Å². The molecule has 2 saturated heterocycles. The fraction of sp³-hybridized carbons (Fsp3) is 0.316. The molecule has 0 aromatic heterocycles. The van der Waals surface area contributed by atoms with Gasteiger partial charge >= 0.3 is 13.4 Å². The van der Waals surface area contributed by atoms with Crippen LogP contribution in [0.2, 0.25) is 0 Å². The van der Waals surface area contributed by atoms with Crippen molar-refractivity contribution in [1.29, 1.82) is 0 Å². The van der Waals surface area contributed by atoms with Crippen molar-refractivity contribution in [2.45, 2.75) is 6.61 Å². The molecule has 2 aliphatic rings. The maximum Gasteiger partial charge on any atom is 0.346 e. The van der Waals surface area contributed by atoms with Crippen LogP contribution in [0.25, 0.3) is 0 Å². The van der Waals surface area contributed by atoms with E-state index in [1.807, 2.05) is 0 Å². The van der Waals surface area contributed by atoms with E-state index in [0.717, 1.165) is 26.2 Å². The molecule has 0 radical (unpaired) electrons. The van der Waals surface area contributed by atoms with Gasteiger partial charge in [0.05, 0.1) is 11.5 Å². The van der Waals surface area contributed by atoms with E-state index >= 15 is 0 Å². The van der Waals surface area contributed by atoms with Gasteiger partial charge in [-0.05, 0) is 35.9 Å². The Kier molecular flexibility index (Phi) is 5.57. The van der Waals surface area contributed by atoms with Crippen LogP contribution in [0.15, 0.2) is 42.5 Å². The number of nitro benzene ring substituents is 1. The molecular weight excluding hydrogens is 411 g/mol. The summed E-state index contributed by atoms with van der Waals surface area (Å²) in [4.78, 5) is 22.7. The first-order chi connectivity index (χ1) is 14.4. The molecule has 11 heteroatoms. The Morgan fingerprint density at radius 1 is 1.17 bits per heavy atom. The fourth-order valence-corrected chi connectivity index (χ4v) is 5.14. The number of amides is 1. The highest BCUT2D eigenvalue weighted by Crippen LogP contribution is 2.61. The van der Waals surface area contributed by atoms with Crippen LogP contribution in [-0.2, 0) is 15.7 Å². The lowest BCUT2D eigenvalue weighted by atomic mass is 10.2. The molecule has 2 fully saturated rings. The summed E-state index contributed by atoms with van der Waals surface area (Å²) in [6.07, 6.45) is 0. The Bertz CT molecular complexity index is 1020. The zero-order valence-electron chi connectivity index (χ0n) is 16.3. The van der Waals surface area contributed by atoms with Crippen molar-refractivity contribution in [3.05, 3.63) is 63.7 Å². The van der Waals surface area contributed by atoms with Gasteiger partial charge in [0.15, 0.2) is 0 Å². The molecule has 0 aliphatic carbocycles. The van der Waals surface area contributed by atoms with Crippen LogP contribution in [0.4, 0.5) is 5.69 Å². The summed E-state index contributed by atoms with van der Waals surface area (Å²) >= 11 is 0. The van der Waals surface area contributed by atoms with Gasteiger partial charge in [-0.1, -0.05) is 6.07 Å². The molecule has 2 heterocycles. The number of nitro groups is 1. The minimum absolute atomic E-state index is 0.0171. The molecule has 4 rings (SSSR count). The van der Waals surface area contributed by atoms with E-state index < -0.39 is 12.6 Å². The molecule has 0 atom stereocenters. The summed E-state index contributed by atoms with van der Waals surface area (Å²) in [6.45, 7) is 3.00. The zero-order chi connectivity index (χ0) is 21.3. The van der Waals surface area contributed by atoms with Gasteiger partial charge < -0.3 is 14.6 Å². The van der Waals surface area contributed by atoms with E-state index in [0.29, 0.717) is 11.1 Å². The third-order valence-corrected chi connectivity index (χ3v) is 7.43. The van der Waals surface area contributed by atoms with Crippen LogP contribution in [0.3, 0.4) is 0 Å². The zero-order valence-corrected chi connectivity index (χ0v) is 17.2. The third kappa shape index (κ3) is 4.36. The topological polar surface area (TPSA) is 114 Å².